The molecule has 0 saturated heterocycles. The predicted molar refractivity (Wildman–Crippen MR) is 111 cm³/mol. The molecule has 5 heteroatoms. The molecular formula is C19H31NO2Si2. The van der Waals surface area contributed by atoms with E-state index in [0.717, 1.165) is 18.1 Å². The molecule has 0 heterocycles. The van der Waals surface area contributed by atoms with Crippen molar-refractivity contribution in [2.24, 2.45) is 0 Å². The van der Waals surface area contributed by atoms with Crippen molar-refractivity contribution in [2.45, 2.75) is 36.3 Å². The van der Waals surface area contributed by atoms with Crippen molar-refractivity contribution < 1.29 is 9.22 Å². The molecule has 0 aliphatic carbocycles. The van der Waals surface area contributed by atoms with Crippen LogP contribution in [0.4, 0.5) is 4.79 Å². The molecule has 0 fully saturated rings. The summed E-state index contributed by atoms with van der Waals surface area (Å²) in [6, 6.07) is 4.28. The fourth-order valence-corrected chi connectivity index (χ4v) is 8.66. The Bertz CT molecular complexity index is 391. The highest BCUT2D eigenvalue weighted by molar-refractivity contribution is 6.81. The van der Waals surface area contributed by atoms with Gasteiger partial charge in [-0.05, 0) is 36.3 Å². The number of carbonyl (C=O) groups is 1. The standard InChI is InChI=1S/C19H31NO2Si2/c1-7-13-23(14-8-2,15-9-3)20-19(21)22-24(16-10-4,17-11-5)18-12-6/h7-12H,1-6,13-18H2,(H,20,21). The molecule has 0 aliphatic heterocycles. The van der Waals surface area contributed by atoms with Crippen LogP contribution < -0.4 is 4.98 Å². The van der Waals surface area contributed by atoms with E-state index < -0.39 is 16.6 Å². The largest absolute Gasteiger partial charge is 0.503 e. The van der Waals surface area contributed by atoms with Crippen LogP contribution in [0.5, 0.6) is 0 Å². The first kappa shape index (κ1) is 22.1. The molecule has 1 N–H and O–H groups in total. The maximum Gasteiger partial charge on any atom is 0.385 e. The lowest BCUT2D eigenvalue weighted by Gasteiger charge is -2.33. The summed E-state index contributed by atoms with van der Waals surface area (Å²) in [6.07, 6.45) is 10.6. The van der Waals surface area contributed by atoms with E-state index >= 15 is 0 Å². The summed E-state index contributed by atoms with van der Waals surface area (Å²) in [5.41, 5.74) is 0. The van der Waals surface area contributed by atoms with Crippen LogP contribution in [0.3, 0.4) is 0 Å². The van der Waals surface area contributed by atoms with Crippen LogP contribution in [0.25, 0.3) is 0 Å². The van der Waals surface area contributed by atoms with Crippen molar-refractivity contribution in [2.75, 3.05) is 0 Å². The molecule has 132 valence electrons. The lowest BCUT2D eigenvalue weighted by molar-refractivity contribution is 0.203. The summed E-state index contributed by atoms with van der Waals surface area (Å²) in [4.78, 5) is 15.8. The second kappa shape index (κ2) is 11.6. The maximum atomic E-state index is 12.7. The zero-order valence-corrected chi connectivity index (χ0v) is 16.8. The average Bonchev–Trinajstić information content (AvgIpc) is 2.48. The minimum absolute atomic E-state index is 0.357. The molecule has 0 bridgehead atoms. The SMILES string of the molecule is C=CC[Si](CC=C)(CC=C)NC(=O)O[Si](CC=C)(CC=C)CC=C. The number of carbonyl (C=O) groups excluding carboxylic acids is 1. The van der Waals surface area contributed by atoms with Gasteiger partial charge in [0, 0.05) is 0 Å². The van der Waals surface area contributed by atoms with Crippen molar-refractivity contribution in [3.8, 4) is 0 Å². The molecule has 0 saturated carbocycles. The highest BCUT2D eigenvalue weighted by atomic mass is 28.4. The number of amides is 1. The topological polar surface area (TPSA) is 38.3 Å². The molecule has 0 aromatic carbocycles. The predicted octanol–water partition coefficient (Wildman–Crippen LogP) is 5.72. The summed E-state index contributed by atoms with van der Waals surface area (Å²) in [6.45, 7) is 22.9. The van der Waals surface area contributed by atoms with Crippen LogP contribution in [0.15, 0.2) is 75.9 Å². The van der Waals surface area contributed by atoms with Crippen LogP contribution in [-0.4, -0.2) is 22.6 Å². The van der Waals surface area contributed by atoms with Gasteiger partial charge >= 0.3 is 6.09 Å². The van der Waals surface area contributed by atoms with Crippen molar-refractivity contribution in [1.82, 2.24) is 4.98 Å². The third kappa shape index (κ3) is 7.14. The number of rotatable bonds is 14. The number of hydrogen-bond donors (Lipinski definition) is 1. The smallest absolute Gasteiger partial charge is 0.385 e. The molecule has 0 radical (unpaired) electrons. The third-order valence-corrected chi connectivity index (χ3v) is 11.5. The van der Waals surface area contributed by atoms with Crippen molar-refractivity contribution in [3.05, 3.63) is 75.9 Å². The highest BCUT2D eigenvalue weighted by Crippen LogP contribution is 2.26. The minimum atomic E-state index is -2.35. The van der Waals surface area contributed by atoms with Gasteiger partial charge < -0.3 is 9.41 Å². The van der Waals surface area contributed by atoms with E-state index in [4.69, 9.17) is 4.43 Å². The van der Waals surface area contributed by atoms with Gasteiger partial charge in [0.25, 0.3) is 8.32 Å². The molecule has 24 heavy (non-hydrogen) atoms. The average molecular weight is 362 g/mol. The monoisotopic (exact) mass is 361 g/mol. The van der Waals surface area contributed by atoms with Gasteiger partial charge in [-0.25, -0.2) is 4.79 Å². The fraction of sp³-hybridized carbons (Fsp3) is 0.316. The quantitative estimate of drug-likeness (QED) is 0.317. The number of allylic oxidation sites excluding steroid dienone is 6. The Morgan fingerprint density at radius 3 is 1.33 bits per heavy atom. The molecule has 0 aromatic heterocycles. The van der Waals surface area contributed by atoms with Crippen LogP contribution in [0.2, 0.25) is 36.3 Å². The van der Waals surface area contributed by atoms with E-state index in [1.165, 1.54) is 0 Å². The van der Waals surface area contributed by atoms with Crippen LogP contribution in [0.1, 0.15) is 0 Å². The minimum Gasteiger partial charge on any atom is -0.503 e. The summed E-state index contributed by atoms with van der Waals surface area (Å²) in [5.74, 6) is 0. The molecule has 0 aromatic rings. The second-order valence-electron chi connectivity index (χ2n) is 5.93. The first-order valence-corrected chi connectivity index (χ1v) is 13.3. The summed E-state index contributed by atoms with van der Waals surface area (Å²) >= 11 is 0. The Labute approximate surface area is 149 Å². The second-order valence-corrected chi connectivity index (χ2v) is 13.8. The van der Waals surface area contributed by atoms with Gasteiger partial charge in [0.15, 0.2) is 8.24 Å². The van der Waals surface area contributed by atoms with Crippen molar-refractivity contribution in [1.29, 1.82) is 0 Å². The zero-order valence-electron chi connectivity index (χ0n) is 14.8. The van der Waals surface area contributed by atoms with Crippen molar-refractivity contribution in [3.63, 3.8) is 0 Å². The van der Waals surface area contributed by atoms with Gasteiger partial charge in [-0.3, -0.25) is 0 Å². The van der Waals surface area contributed by atoms with Crippen molar-refractivity contribution >= 4 is 22.6 Å². The van der Waals surface area contributed by atoms with Gasteiger partial charge in [-0.15, -0.1) is 39.5 Å². The molecule has 0 atom stereocenters. The first-order valence-electron chi connectivity index (χ1n) is 8.13. The van der Waals surface area contributed by atoms with Gasteiger partial charge in [0.1, 0.15) is 0 Å². The van der Waals surface area contributed by atoms with Crippen LogP contribution in [0, 0.1) is 0 Å². The molecule has 0 unspecified atom stereocenters. The number of hydrogen-bond acceptors (Lipinski definition) is 2. The molecule has 0 rings (SSSR count). The van der Waals surface area contributed by atoms with E-state index in [2.05, 4.69) is 44.5 Å². The first-order chi connectivity index (χ1) is 11.5. The molecule has 3 nitrogen and oxygen atoms in total. The van der Waals surface area contributed by atoms with E-state index in [1.807, 2.05) is 36.5 Å². The van der Waals surface area contributed by atoms with Crippen LogP contribution in [-0.2, 0) is 4.43 Å². The molecule has 0 spiro atoms. The van der Waals surface area contributed by atoms with Gasteiger partial charge in [-0.1, -0.05) is 36.5 Å². The van der Waals surface area contributed by atoms with Gasteiger partial charge in [-0.2, -0.15) is 0 Å². The Morgan fingerprint density at radius 1 is 0.708 bits per heavy atom. The van der Waals surface area contributed by atoms with Gasteiger partial charge in [0.2, 0.25) is 0 Å². The third-order valence-electron chi connectivity index (χ3n) is 3.83. The Balaban J connectivity index is 5.37. The lowest BCUT2D eigenvalue weighted by Crippen LogP contribution is -2.55. The Kier molecular flexibility index (Phi) is 10.7. The summed E-state index contributed by atoms with van der Waals surface area (Å²) in [5, 5.41) is 0. The maximum absolute atomic E-state index is 12.7. The van der Waals surface area contributed by atoms with E-state index in [9.17, 15) is 4.79 Å². The molecular weight excluding hydrogens is 330 g/mol. The number of nitrogens with one attached hydrogen (secondary N) is 1. The van der Waals surface area contributed by atoms with Gasteiger partial charge in [0.05, 0.1) is 0 Å². The van der Waals surface area contributed by atoms with E-state index in [1.54, 1.807) is 0 Å². The van der Waals surface area contributed by atoms with Crippen LogP contribution >= 0.6 is 0 Å². The normalized spacial score (nSPS) is 11.0. The molecule has 0 aliphatic rings. The van der Waals surface area contributed by atoms with E-state index in [0.29, 0.717) is 18.1 Å². The summed E-state index contributed by atoms with van der Waals surface area (Å²) < 4.78 is 5.96. The van der Waals surface area contributed by atoms with E-state index in [-0.39, 0.29) is 6.09 Å². The Hall–Kier alpha value is -1.86. The fourth-order valence-electron chi connectivity index (χ4n) is 2.83. The zero-order chi connectivity index (χ0) is 18.5. The highest BCUT2D eigenvalue weighted by Gasteiger charge is 2.38. The summed E-state index contributed by atoms with van der Waals surface area (Å²) in [7, 11) is -4.51. The Morgan fingerprint density at radius 2 is 1.04 bits per heavy atom. The molecule has 1 amide bonds. The lowest BCUT2D eigenvalue weighted by atomic mass is 10.7.